The van der Waals surface area contributed by atoms with Crippen LogP contribution in [0, 0.1) is 0 Å². The Labute approximate surface area is 137 Å². The third-order valence-corrected chi connectivity index (χ3v) is 4.14. The van der Waals surface area contributed by atoms with E-state index in [2.05, 4.69) is 25.8 Å². The van der Waals surface area contributed by atoms with Crippen LogP contribution in [0.5, 0.6) is 0 Å². The Morgan fingerprint density at radius 3 is 3.04 bits per heavy atom. The minimum atomic E-state index is -0.226. The number of H-pyrrole nitrogens is 1. The van der Waals surface area contributed by atoms with Gasteiger partial charge >= 0.3 is 0 Å². The van der Waals surface area contributed by atoms with Crippen LogP contribution in [0.3, 0.4) is 0 Å². The molecule has 7 heteroatoms. The van der Waals surface area contributed by atoms with Crippen LogP contribution in [0.4, 0.5) is 5.69 Å². The van der Waals surface area contributed by atoms with Crippen molar-refractivity contribution in [3.8, 4) is 0 Å². The molecular formula is C17H15N5O2. The molecule has 120 valence electrons. The van der Waals surface area contributed by atoms with Crippen molar-refractivity contribution in [2.45, 2.75) is 18.9 Å². The summed E-state index contributed by atoms with van der Waals surface area (Å²) in [5.74, 6) is -0.162. The van der Waals surface area contributed by atoms with E-state index in [0.717, 1.165) is 12.0 Å². The molecule has 2 amide bonds. The number of hydrogen-bond acceptors (Lipinski definition) is 4. The van der Waals surface area contributed by atoms with Crippen molar-refractivity contribution in [1.82, 2.24) is 20.5 Å². The molecule has 3 N–H and O–H groups in total. The predicted molar refractivity (Wildman–Crippen MR) is 88.4 cm³/mol. The first kappa shape index (κ1) is 14.4. The number of hydrogen-bond donors (Lipinski definition) is 3. The molecule has 0 radical (unpaired) electrons. The summed E-state index contributed by atoms with van der Waals surface area (Å²) in [7, 11) is 0. The summed E-state index contributed by atoms with van der Waals surface area (Å²) >= 11 is 0. The van der Waals surface area contributed by atoms with Crippen LogP contribution in [0.2, 0.25) is 0 Å². The van der Waals surface area contributed by atoms with Crippen LogP contribution in [0.15, 0.2) is 42.7 Å². The van der Waals surface area contributed by atoms with Gasteiger partial charge in [-0.3, -0.25) is 14.7 Å². The van der Waals surface area contributed by atoms with Crippen molar-refractivity contribution in [2.75, 3.05) is 5.32 Å². The molecule has 0 spiro atoms. The highest BCUT2D eigenvalue weighted by Crippen LogP contribution is 2.26. The van der Waals surface area contributed by atoms with Crippen LogP contribution >= 0.6 is 0 Å². The molecule has 24 heavy (non-hydrogen) atoms. The molecule has 0 bridgehead atoms. The maximum absolute atomic E-state index is 12.6. The van der Waals surface area contributed by atoms with E-state index in [0.29, 0.717) is 28.7 Å². The number of rotatable bonds is 3. The molecule has 2 aromatic heterocycles. The van der Waals surface area contributed by atoms with Crippen LogP contribution in [0.1, 0.15) is 34.8 Å². The number of fused-ring (bicyclic) bond motifs is 1. The first-order valence-corrected chi connectivity index (χ1v) is 7.69. The molecule has 3 aromatic rings. The molecule has 0 saturated carbocycles. The second kappa shape index (κ2) is 5.77. The summed E-state index contributed by atoms with van der Waals surface area (Å²) in [6.07, 6.45) is 4.47. The largest absolute Gasteiger partial charge is 0.349 e. The number of pyridine rings is 1. The molecule has 1 aromatic carbocycles. The minimum absolute atomic E-state index is 0.0101. The lowest BCUT2D eigenvalue weighted by molar-refractivity contribution is -0.119. The highest BCUT2D eigenvalue weighted by molar-refractivity contribution is 6.11. The van der Waals surface area contributed by atoms with Gasteiger partial charge in [0.1, 0.15) is 0 Å². The van der Waals surface area contributed by atoms with E-state index < -0.39 is 0 Å². The maximum atomic E-state index is 12.6. The van der Waals surface area contributed by atoms with E-state index in [9.17, 15) is 9.59 Å². The number of aromatic nitrogens is 3. The zero-order valence-electron chi connectivity index (χ0n) is 12.7. The van der Waals surface area contributed by atoms with Gasteiger partial charge in [0.15, 0.2) is 5.65 Å². The number of carbonyl (C=O) groups is 2. The van der Waals surface area contributed by atoms with Crippen molar-refractivity contribution in [1.29, 1.82) is 0 Å². The zero-order chi connectivity index (χ0) is 16.5. The second-order valence-corrected chi connectivity index (χ2v) is 5.73. The van der Waals surface area contributed by atoms with E-state index in [1.165, 1.54) is 0 Å². The third kappa shape index (κ3) is 2.60. The molecule has 1 aliphatic heterocycles. The van der Waals surface area contributed by atoms with E-state index >= 15 is 0 Å². The van der Waals surface area contributed by atoms with Crippen molar-refractivity contribution in [2.24, 2.45) is 0 Å². The number of nitrogens with zero attached hydrogens (tertiary/aromatic N) is 2. The Hall–Kier alpha value is -3.22. The highest BCUT2D eigenvalue weighted by atomic mass is 16.2. The fourth-order valence-corrected chi connectivity index (χ4v) is 2.94. The fraction of sp³-hybridized carbons (Fsp3) is 0.176. The predicted octanol–water partition coefficient (Wildman–Crippen LogP) is 2.16. The third-order valence-electron chi connectivity index (χ3n) is 4.14. The van der Waals surface area contributed by atoms with E-state index in [1.807, 2.05) is 24.3 Å². The Balaban J connectivity index is 1.58. The first-order chi connectivity index (χ1) is 11.7. The quantitative estimate of drug-likeness (QED) is 0.688. The first-order valence-electron chi connectivity index (χ1n) is 7.69. The van der Waals surface area contributed by atoms with Gasteiger partial charge in [0.05, 0.1) is 23.2 Å². The van der Waals surface area contributed by atoms with Crippen molar-refractivity contribution < 1.29 is 9.59 Å². The topological polar surface area (TPSA) is 99.8 Å². The van der Waals surface area contributed by atoms with Gasteiger partial charge in [-0.2, -0.15) is 5.10 Å². The van der Waals surface area contributed by atoms with Gasteiger partial charge in [-0.05, 0) is 30.2 Å². The summed E-state index contributed by atoms with van der Waals surface area (Å²) in [6, 6.07) is 9.21. The number of carbonyl (C=O) groups excluding carboxylic acids is 2. The molecule has 1 aliphatic rings. The maximum Gasteiger partial charge on any atom is 0.256 e. The van der Waals surface area contributed by atoms with E-state index in [-0.39, 0.29) is 17.9 Å². The van der Waals surface area contributed by atoms with Crippen molar-refractivity contribution >= 4 is 28.5 Å². The number of anilines is 1. The Morgan fingerprint density at radius 2 is 2.21 bits per heavy atom. The van der Waals surface area contributed by atoms with Gasteiger partial charge < -0.3 is 10.6 Å². The summed E-state index contributed by atoms with van der Waals surface area (Å²) < 4.78 is 0. The molecule has 7 nitrogen and oxygen atoms in total. The molecular weight excluding hydrogens is 306 g/mol. The summed E-state index contributed by atoms with van der Waals surface area (Å²) in [5.41, 5.74) is 2.76. The standard InChI is InChI=1S/C17H15N5O2/c23-15-5-4-14(21-15)10-2-1-3-11(8-10)20-17(24)12-6-7-18-16-13(12)9-19-22-16/h1-3,6-9,14H,4-5H2,(H,20,24)(H,21,23)(H,18,19,22). The van der Waals surface area contributed by atoms with E-state index in [1.54, 1.807) is 18.5 Å². The number of benzene rings is 1. The summed E-state index contributed by atoms with van der Waals surface area (Å²) in [4.78, 5) is 28.1. The number of amides is 2. The number of aromatic amines is 1. The Bertz CT molecular complexity index is 933. The van der Waals surface area contributed by atoms with Crippen LogP contribution in [-0.4, -0.2) is 27.0 Å². The fourth-order valence-electron chi connectivity index (χ4n) is 2.94. The monoisotopic (exact) mass is 321 g/mol. The minimum Gasteiger partial charge on any atom is -0.349 e. The highest BCUT2D eigenvalue weighted by Gasteiger charge is 2.22. The van der Waals surface area contributed by atoms with Crippen LogP contribution < -0.4 is 10.6 Å². The SMILES string of the molecule is O=C1CCC(c2cccc(NC(=O)c3ccnc4[nH]ncc34)c2)N1. The molecule has 1 atom stereocenters. The summed E-state index contributed by atoms with van der Waals surface area (Å²) in [5, 5.41) is 13.2. The van der Waals surface area contributed by atoms with Crippen molar-refractivity contribution in [3.05, 3.63) is 53.9 Å². The van der Waals surface area contributed by atoms with Gasteiger partial charge in [-0.25, -0.2) is 4.98 Å². The van der Waals surface area contributed by atoms with Gasteiger partial charge in [-0.1, -0.05) is 12.1 Å². The Kier molecular flexibility index (Phi) is 3.45. The number of nitrogens with one attached hydrogen (secondary N) is 3. The van der Waals surface area contributed by atoms with Gasteiger partial charge in [0.25, 0.3) is 5.91 Å². The molecule has 1 fully saturated rings. The average Bonchev–Trinajstić information content (AvgIpc) is 3.23. The molecule has 1 unspecified atom stereocenters. The molecule has 3 heterocycles. The van der Waals surface area contributed by atoms with Gasteiger partial charge in [-0.15, -0.1) is 0 Å². The van der Waals surface area contributed by atoms with Gasteiger partial charge in [0, 0.05) is 18.3 Å². The van der Waals surface area contributed by atoms with Crippen LogP contribution in [0.25, 0.3) is 11.0 Å². The lowest BCUT2D eigenvalue weighted by Gasteiger charge is -2.12. The second-order valence-electron chi connectivity index (χ2n) is 5.73. The average molecular weight is 321 g/mol. The smallest absolute Gasteiger partial charge is 0.256 e. The lowest BCUT2D eigenvalue weighted by Crippen LogP contribution is -2.18. The van der Waals surface area contributed by atoms with Crippen molar-refractivity contribution in [3.63, 3.8) is 0 Å². The summed E-state index contributed by atoms with van der Waals surface area (Å²) in [6.45, 7) is 0. The normalized spacial score (nSPS) is 17.0. The lowest BCUT2D eigenvalue weighted by atomic mass is 10.0. The zero-order valence-corrected chi connectivity index (χ0v) is 12.7. The van der Waals surface area contributed by atoms with Crippen LogP contribution in [-0.2, 0) is 4.79 Å². The Morgan fingerprint density at radius 1 is 1.29 bits per heavy atom. The van der Waals surface area contributed by atoms with Gasteiger partial charge in [0.2, 0.25) is 5.91 Å². The molecule has 4 rings (SSSR count). The molecule has 1 saturated heterocycles. The van der Waals surface area contributed by atoms with E-state index in [4.69, 9.17) is 0 Å². The molecule has 0 aliphatic carbocycles.